The zero-order chi connectivity index (χ0) is 17.4. The van der Waals surface area contributed by atoms with Gasteiger partial charge in [-0.05, 0) is 29.0 Å². The number of carbonyl (C=O) groups is 1. The summed E-state index contributed by atoms with van der Waals surface area (Å²) in [6, 6.07) is 7.76. The molecule has 128 valence electrons. The summed E-state index contributed by atoms with van der Waals surface area (Å²) in [5, 5.41) is 12.2. The highest BCUT2D eigenvalue weighted by atomic mass is 32.1. The molecule has 4 rings (SSSR count). The van der Waals surface area contributed by atoms with E-state index in [4.69, 9.17) is 0 Å². The van der Waals surface area contributed by atoms with Gasteiger partial charge in [-0.1, -0.05) is 13.0 Å². The number of nitrogens with zero attached hydrogens (tertiary/aromatic N) is 3. The molecule has 0 radical (unpaired) electrons. The van der Waals surface area contributed by atoms with Crippen molar-refractivity contribution in [1.29, 1.82) is 0 Å². The Kier molecular flexibility index (Phi) is 4.14. The summed E-state index contributed by atoms with van der Waals surface area (Å²) in [5.74, 6) is 0.556. The summed E-state index contributed by atoms with van der Waals surface area (Å²) in [6.07, 6.45) is 0.676. The Hall–Kier alpha value is -2.45. The van der Waals surface area contributed by atoms with Gasteiger partial charge in [0.2, 0.25) is 5.91 Å². The van der Waals surface area contributed by atoms with Crippen LogP contribution in [-0.2, 0) is 24.3 Å². The number of rotatable bonds is 5. The van der Waals surface area contributed by atoms with Crippen LogP contribution in [0.2, 0.25) is 0 Å². The largest absolute Gasteiger partial charge is 0.350 e. The van der Waals surface area contributed by atoms with Crippen LogP contribution in [0.3, 0.4) is 0 Å². The molecule has 0 fully saturated rings. The number of carbonyl (C=O) groups excluding carboxylic acids is 1. The number of thiophene rings is 2. The number of aromatic nitrogens is 3. The van der Waals surface area contributed by atoms with Crippen molar-refractivity contribution >= 4 is 44.3 Å². The fraction of sp³-hybridized carbons (Fsp3) is 0.235. The van der Waals surface area contributed by atoms with Crippen LogP contribution in [0.4, 0.5) is 0 Å². The van der Waals surface area contributed by atoms with E-state index < -0.39 is 0 Å². The van der Waals surface area contributed by atoms with Gasteiger partial charge in [-0.15, -0.1) is 22.7 Å². The van der Waals surface area contributed by atoms with Gasteiger partial charge in [0.25, 0.3) is 5.56 Å². The average molecular weight is 372 g/mol. The highest BCUT2D eigenvalue weighted by molar-refractivity contribution is 7.16. The van der Waals surface area contributed by atoms with Crippen LogP contribution in [-0.4, -0.2) is 20.1 Å². The van der Waals surface area contributed by atoms with Gasteiger partial charge in [0.1, 0.15) is 22.7 Å². The smallest absolute Gasteiger partial charge is 0.291 e. The second kappa shape index (κ2) is 6.45. The molecule has 0 saturated carbocycles. The first-order valence-electron chi connectivity index (χ1n) is 7.95. The van der Waals surface area contributed by atoms with Crippen LogP contribution < -0.4 is 10.9 Å². The van der Waals surface area contributed by atoms with Crippen molar-refractivity contribution in [3.63, 3.8) is 0 Å². The molecule has 0 aliphatic carbocycles. The molecule has 0 unspecified atom stereocenters. The minimum atomic E-state index is -0.244. The highest BCUT2D eigenvalue weighted by Crippen LogP contribution is 2.24. The SMILES string of the molecule is CCc1nn(CC(=O)NCc2cccs2)c(=O)c2cc3ccsc3n12. The molecular formula is C17H16N4O2S2. The maximum atomic E-state index is 12.7. The molecule has 0 aromatic carbocycles. The van der Waals surface area contributed by atoms with Gasteiger partial charge < -0.3 is 5.32 Å². The van der Waals surface area contributed by atoms with Crippen molar-refractivity contribution in [3.8, 4) is 0 Å². The first-order valence-corrected chi connectivity index (χ1v) is 9.71. The lowest BCUT2D eigenvalue weighted by atomic mass is 10.4. The fourth-order valence-electron chi connectivity index (χ4n) is 2.83. The normalized spacial score (nSPS) is 11.4. The van der Waals surface area contributed by atoms with Crippen LogP contribution in [0.15, 0.2) is 39.8 Å². The van der Waals surface area contributed by atoms with Crippen molar-refractivity contribution < 1.29 is 4.79 Å². The first kappa shape index (κ1) is 16.0. The number of hydrogen-bond donors (Lipinski definition) is 1. The molecule has 25 heavy (non-hydrogen) atoms. The Morgan fingerprint density at radius 3 is 2.92 bits per heavy atom. The van der Waals surface area contributed by atoms with E-state index in [0.717, 1.165) is 20.9 Å². The Labute approximate surface area is 151 Å². The molecule has 6 nitrogen and oxygen atoms in total. The van der Waals surface area contributed by atoms with Gasteiger partial charge in [0, 0.05) is 16.7 Å². The second-order valence-electron chi connectivity index (χ2n) is 5.63. The van der Waals surface area contributed by atoms with E-state index in [0.29, 0.717) is 18.5 Å². The molecule has 4 heterocycles. The van der Waals surface area contributed by atoms with E-state index in [2.05, 4.69) is 10.4 Å². The Morgan fingerprint density at radius 1 is 1.28 bits per heavy atom. The van der Waals surface area contributed by atoms with Gasteiger partial charge >= 0.3 is 0 Å². The van der Waals surface area contributed by atoms with E-state index in [9.17, 15) is 9.59 Å². The van der Waals surface area contributed by atoms with Crippen LogP contribution >= 0.6 is 22.7 Å². The molecule has 1 amide bonds. The van der Waals surface area contributed by atoms with E-state index >= 15 is 0 Å². The van der Waals surface area contributed by atoms with Gasteiger partial charge in [0.15, 0.2) is 0 Å². The van der Waals surface area contributed by atoms with Gasteiger partial charge in [0.05, 0.1) is 6.54 Å². The predicted molar refractivity (Wildman–Crippen MR) is 100 cm³/mol. The standard InChI is InChI=1S/C17H16N4O2S2/c1-2-14-19-20(10-15(22)18-9-12-4-3-6-24-12)16(23)13-8-11-5-7-25-17(11)21(13)14/h3-8H,2,9-10H2,1H3,(H,18,22). The molecule has 4 aromatic rings. The summed E-state index contributed by atoms with van der Waals surface area (Å²) >= 11 is 3.17. The van der Waals surface area contributed by atoms with Crippen molar-refractivity contribution in [2.45, 2.75) is 26.4 Å². The third-order valence-corrected chi connectivity index (χ3v) is 5.80. The lowest BCUT2D eigenvalue weighted by Gasteiger charge is -2.10. The van der Waals surface area contributed by atoms with Crippen LogP contribution in [0, 0.1) is 0 Å². The number of hydrogen-bond acceptors (Lipinski definition) is 5. The molecule has 0 aliphatic rings. The summed E-state index contributed by atoms with van der Waals surface area (Å²) in [4.78, 5) is 27.0. The summed E-state index contributed by atoms with van der Waals surface area (Å²) < 4.78 is 3.17. The van der Waals surface area contributed by atoms with Crippen LogP contribution in [0.1, 0.15) is 17.6 Å². The van der Waals surface area contributed by atoms with Gasteiger partial charge in [-0.3, -0.25) is 14.0 Å². The Morgan fingerprint density at radius 2 is 2.16 bits per heavy atom. The maximum Gasteiger partial charge on any atom is 0.291 e. The van der Waals surface area contributed by atoms with E-state index in [1.165, 1.54) is 4.68 Å². The lowest BCUT2D eigenvalue weighted by Crippen LogP contribution is -2.34. The lowest BCUT2D eigenvalue weighted by molar-refractivity contribution is -0.122. The first-order chi connectivity index (χ1) is 12.2. The molecule has 0 spiro atoms. The molecule has 1 N–H and O–H groups in total. The second-order valence-corrected chi connectivity index (χ2v) is 7.56. The van der Waals surface area contributed by atoms with Crippen LogP contribution in [0.25, 0.3) is 15.7 Å². The number of nitrogens with one attached hydrogen (secondary N) is 1. The van der Waals surface area contributed by atoms with Crippen molar-refractivity contribution in [2.75, 3.05) is 0 Å². The molecule has 0 saturated heterocycles. The summed E-state index contributed by atoms with van der Waals surface area (Å²) in [5.41, 5.74) is 0.326. The predicted octanol–water partition coefficient (Wildman–Crippen LogP) is 2.65. The van der Waals surface area contributed by atoms with Crippen molar-refractivity contribution in [1.82, 2.24) is 19.5 Å². The molecule has 8 heteroatoms. The van der Waals surface area contributed by atoms with Gasteiger partial charge in [-0.2, -0.15) is 5.10 Å². The number of aryl methyl sites for hydroxylation is 1. The van der Waals surface area contributed by atoms with E-state index in [1.54, 1.807) is 22.7 Å². The average Bonchev–Trinajstić information content (AvgIpc) is 3.32. The molecule has 4 aromatic heterocycles. The Balaban J connectivity index is 1.66. The zero-order valence-corrected chi connectivity index (χ0v) is 15.2. The third kappa shape index (κ3) is 2.87. The van der Waals surface area contributed by atoms with Gasteiger partial charge in [-0.25, -0.2) is 4.68 Å². The number of fused-ring (bicyclic) bond motifs is 3. The maximum absolute atomic E-state index is 12.7. The van der Waals surface area contributed by atoms with Crippen molar-refractivity contribution in [2.24, 2.45) is 0 Å². The topological polar surface area (TPSA) is 68.4 Å². The van der Waals surface area contributed by atoms with E-state index in [-0.39, 0.29) is 18.0 Å². The monoisotopic (exact) mass is 372 g/mol. The minimum Gasteiger partial charge on any atom is -0.350 e. The summed E-state index contributed by atoms with van der Waals surface area (Å²) in [7, 11) is 0. The van der Waals surface area contributed by atoms with E-state index in [1.807, 2.05) is 46.4 Å². The van der Waals surface area contributed by atoms with Crippen LogP contribution in [0.5, 0.6) is 0 Å². The molecule has 0 aliphatic heterocycles. The van der Waals surface area contributed by atoms with Crippen molar-refractivity contribution in [3.05, 3.63) is 56.1 Å². The Bertz CT molecular complexity index is 1110. The summed E-state index contributed by atoms with van der Waals surface area (Å²) in [6.45, 7) is 2.38. The molecule has 0 atom stereocenters. The third-order valence-electron chi connectivity index (χ3n) is 4.01. The minimum absolute atomic E-state index is 0.0768. The molecular weight excluding hydrogens is 356 g/mol. The highest BCUT2D eigenvalue weighted by Gasteiger charge is 2.15. The number of amides is 1. The quantitative estimate of drug-likeness (QED) is 0.586. The molecule has 0 bridgehead atoms. The fourth-order valence-corrected chi connectivity index (χ4v) is 4.39. The zero-order valence-electron chi connectivity index (χ0n) is 13.6.